The highest BCUT2D eigenvalue weighted by Gasteiger charge is 2.49. The van der Waals surface area contributed by atoms with E-state index in [0.717, 1.165) is 22.3 Å². The molecule has 7 nitrogen and oxygen atoms in total. The predicted molar refractivity (Wildman–Crippen MR) is 96.4 cm³/mol. The van der Waals surface area contributed by atoms with Crippen LogP contribution in [0.3, 0.4) is 0 Å². The standard InChI is InChI=1S/C18H13N5O2/c19-8-1-3-10-11-4-2-9(20)6-13(11)18(12(10)5-8)7-21-14-15(18)22-17(25)23-16(14)24/h1-7H,19-20H2,(H2,22,23,24,25). The first-order valence-corrected chi connectivity index (χ1v) is 7.73. The number of nitrogen functional groups attached to an aromatic ring is 2. The zero-order chi connectivity index (χ0) is 17.3. The van der Waals surface area contributed by atoms with Crippen molar-refractivity contribution in [3.63, 3.8) is 0 Å². The van der Waals surface area contributed by atoms with E-state index < -0.39 is 16.7 Å². The van der Waals surface area contributed by atoms with Gasteiger partial charge in [0, 0.05) is 17.6 Å². The quantitative estimate of drug-likeness (QED) is 0.462. The normalized spacial score (nSPS) is 15.2. The molecule has 0 atom stereocenters. The van der Waals surface area contributed by atoms with Gasteiger partial charge in [-0.25, -0.2) is 4.79 Å². The number of anilines is 2. The van der Waals surface area contributed by atoms with Crippen LogP contribution in [0.15, 0.2) is 51.0 Å². The fraction of sp³-hybridized carbons (Fsp3) is 0.0556. The summed E-state index contributed by atoms with van der Waals surface area (Å²) in [7, 11) is 0. The van der Waals surface area contributed by atoms with Gasteiger partial charge in [0.2, 0.25) is 0 Å². The van der Waals surface area contributed by atoms with Gasteiger partial charge in [-0.3, -0.25) is 14.8 Å². The Labute approximate surface area is 141 Å². The van der Waals surface area contributed by atoms with Crippen molar-refractivity contribution < 1.29 is 0 Å². The molecule has 1 aliphatic carbocycles. The third kappa shape index (κ3) is 1.56. The Morgan fingerprint density at radius 2 is 1.48 bits per heavy atom. The Balaban J connectivity index is 1.99. The molecule has 122 valence electrons. The number of nitrogens with one attached hydrogen (secondary N) is 2. The van der Waals surface area contributed by atoms with Crippen LogP contribution in [0.25, 0.3) is 11.1 Å². The van der Waals surface area contributed by atoms with Crippen LogP contribution in [0.1, 0.15) is 16.8 Å². The average molecular weight is 331 g/mol. The highest BCUT2D eigenvalue weighted by molar-refractivity contribution is 6.02. The topological polar surface area (TPSA) is 130 Å². The molecule has 25 heavy (non-hydrogen) atoms. The van der Waals surface area contributed by atoms with Gasteiger partial charge in [0.1, 0.15) is 5.69 Å². The maximum Gasteiger partial charge on any atom is 0.326 e. The lowest BCUT2D eigenvalue weighted by molar-refractivity contribution is 0.825. The molecule has 1 spiro atoms. The van der Waals surface area contributed by atoms with Gasteiger partial charge in [0.25, 0.3) is 5.56 Å². The molecule has 0 fully saturated rings. The summed E-state index contributed by atoms with van der Waals surface area (Å²) in [5.74, 6) is 0. The average Bonchev–Trinajstić information content (AvgIpc) is 3.07. The van der Waals surface area contributed by atoms with Crippen molar-refractivity contribution in [3.05, 3.63) is 74.1 Å². The van der Waals surface area contributed by atoms with E-state index in [2.05, 4.69) is 15.0 Å². The molecule has 0 saturated heterocycles. The molecule has 2 aromatic carbocycles. The number of aliphatic imine (C=N–C) groups is 1. The second-order valence-corrected chi connectivity index (χ2v) is 6.31. The summed E-state index contributed by atoms with van der Waals surface area (Å²) in [4.78, 5) is 33.4. The molecule has 1 aliphatic heterocycles. The SMILES string of the molecule is Nc1ccc2c(c1)C1(C=Nc3c1[nH]c(=O)[nH]c3=O)c1cc(N)ccc1-2. The predicted octanol–water partition coefficient (Wildman–Crippen LogP) is 1.26. The highest BCUT2D eigenvalue weighted by atomic mass is 16.2. The number of aromatic amines is 2. The van der Waals surface area contributed by atoms with Crippen molar-refractivity contribution in [1.82, 2.24) is 9.97 Å². The Bertz CT molecular complexity index is 1170. The molecule has 6 N–H and O–H groups in total. The number of nitrogens with two attached hydrogens (primary N) is 2. The second kappa shape index (κ2) is 4.27. The van der Waals surface area contributed by atoms with Crippen LogP contribution < -0.4 is 22.7 Å². The number of nitrogens with zero attached hydrogens (tertiary/aromatic N) is 1. The molecule has 3 aromatic rings. The summed E-state index contributed by atoms with van der Waals surface area (Å²) in [5, 5.41) is 0. The van der Waals surface area contributed by atoms with Crippen molar-refractivity contribution in [3.8, 4) is 11.1 Å². The van der Waals surface area contributed by atoms with Gasteiger partial charge in [0.15, 0.2) is 0 Å². The highest BCUT2D eigenvalue weighted by Crippen LogP contribution is 2.55. The minimum atomic E-state index is -0.877. The number of benzene rings is 2. The summed E-state index contributed by atoms with van der Waals surface area (Å²) >= 11 is 0. The van der Waals surface area contributed by atoms with E-state index in [1.165, 1.54) is 0 Å². The van der Waals surface area contributed by atoms with Crippen LogP contribution in [0.2, 0.25) is 0 Å². The molecule has 0 amide bonds. The van der Waals surface area contributed by atoms with Crippen molar-refractivity contribution in [1.29, 1.82) is 0 Å². The van der Waals surface area contributed by atoms with Crippen LogP contribution in [0, 0.1) is 0 Å². The first kappa shape index (κ1) is 13.8. The number of hydrogen-bond acceptors (Lipinski definition) is 5. The van der Waals surface area contributed by atoms with Gasteiger partial charge >= 0.3 is 5.69 Å². The Morgan fingerprint density at radius 3 is 2.08 bits per heavy atom. The molecule has 0 radical (unpaired) electrons. The summed E-state index contributed by atoms with van der Waals surface area (Å²) in [6.45, 7) is 0. The fourth-order valence-electron chi connectivity index (χ4n) is 3.91. The van der Waals surface area contributed by atoms with Crippen LogP contribution in [0.4, 0.5) is 17.1 Å². The molecular weight excluding hydrogens is 318 g/mol. The molecule has 7 heteroatoms. The molecule has 5 rings (SSSR count). The molecule has 2 aliphatic rings. The number of hydrogen-bond donors (Lipinski definition) is 4. The largest absolute Gasteiger partial charge is 0.399 e. The number of aromatic nitrogens is 2. The van der Waals surface area contributed by atoms with Crippen molar-refractivity contribution in [2.45, 2.75) is 5.41 Å². The summed E-state index contributed by atoms with van der Waals surface area (Å²) in [6.07, 6.45) is 1.69. The van der Waals surface area contributed by atoms with E-state index in [9.17, 15) is 9.59 Å². The summed E-state index contributed by atoms with van der Waals surface area (Å²) in [5.41, 5.74) is 15.6. The van der Waals surface area contributed by atoms with Crippen LogP contribution in [0.5, 0.6) is 0 Å². The lowest BCUT2D eigenvalue weighted by atomic mass is 9.77. The molecule has 0 bridgehead atoms. The smallest absolute Gasteiger partial charge is 0.326 e. The van der Waals surface area contributed by atoms with Crippen molar-refractivity contribution >= 4 is 23.3 Å². The van der Waals surface area contributed by atoms with Crippen molar-refractivity contribution in [2.75, 3.05) is 11.5 Å². The van der Waals surface area contributed by atoms with Gasteiger partial charge < -0.3 is 16.5 Å². The van der Waals surface area contributed by atoms with Gasteiger partial charge in [-0.2, -0.15) is 0 Å². The molecule has 0 saturated carbocycles. The zero-order valence-corrected chi connectivity index (χ0v) is 13.0. The van der Waals surface area contributed by atoms with Gasteiger partial charge in [-0.05, 0) is 46.5 Å². The second-order valence-electron chi connectivity index (χ2n) is 6.31. The van der Waals surface area contributed by atoms with Gasteiger partial charge in [-0.1, -0.05) is 12.1 Å². The zero-order valence-electron chi connectivity index (χ0n) is 13.0. The van der Waals surface area contributed by atoms with E-state index in [4.69, 9.17) is 11.5 Å². The minimum absolute atomic E-state index is 0.197. The van der Waals surface area contributed by atoms with Gasteiger partial charge in [-0.15, -0.1) is 0 Å². The van der Waals surface area contributed by atoms with Crippen LogP contribution >= 0.6 is 0 Å². The van der Waals surface area contributed by atoms with Gasteiger partial charge in [0.05, 0.1) is 11.1 Å². The monoisotopic (exact) mass is 331 g/mol. The third-order valence-electron chi connectivity index (χ3n) is 4.93. The Kier molecular flexibility index (Phi) is 2.35. The van der Waals surface area contributed by atoms with Crippen LogP contribution in [-0.4, -0.2) is 16.2 Å². The Morgan fingerprint density at radius 1 is 0.880 bits per heavy atom. The molecular formula is C18H13N5O2. The van der Waals surface area contributed by atoms with E-state index >= 15 is 0 Å². The Hall–Kier alpha value is -3.61. The van der Waals surface area contributed by atoms with E-state index in [1.54, 1.807) is 6.21 Å². The lowest BCUT2D eigenvalue weighted by Gasteiger charge is -2.24. The van der Waals surface area contributed by atoms with E-state index in [0.29, 0.717) is 17.1 Å². The van der Waals surface area contributed by atoms with Crippen LogP contribution in [-0.2, 0) is 5.41 Å². The van der Waals surface area contributed by atoms with Crippen molar-refractivity contribution in [2.24, 2.45) is 4.99 Å². The summed E-state index contributed by atoms with van der Waals surface area (Å²) < 4.78 is 0. The number of H-pyrrole nitrogens is 2. The number of fused-ring (bicyclic) bond motifs is 7. The lowest BCUT2D eigenvalue weighted by Crippen LogP contribution is -2.32. The third-order valence-corrected chi connectivity index (χ3v) is 4.93. The minimum Gasteiger partial charge on any atom is -0.399 e. The van der Waals surface area contributed by atoms with E-state index in [-0.39, 0.29) is 5.69 Å². The van der Waals surface area contributed by atoms with E-state index in [1.807, 2.05) is 36.4 Å². The molecule has 1 aromatic heterocycles. The number of rotatable bonds is 0. The summed E-state index contributed by atoms with van der Waals surface area (Å²) in [6, 6.07) is 11.2. The molecule has 2 heterocycles. The maximum absolute atomic E-state index is 12.2. The maximum atomic E-state index is 12.2. The fourth-order valence-corrected chi connectivity index (χ4v) is 3.91. The first-order chi connectivity index (χ1) is 12.0. The molecule has 0 unspecified atom stereocenters. The first-order valence-electron chi connectivity index (χ1n) is 7.73.